The minimum atomic E-state index is -0.728. The first-order chi connectivity index (χ1) is 12.5. The maximum Gasteiger partial charge on any atom is 0.326 e. The van der Waals surface area contributed by atoms with Crippen LogP contribution in [0.2, 0.25) is 0 Å². The summed E-state index contributed by atoms with van der Waals surface area (Å²) in [6.45, 7) is -0.543. The molecule has 0 bridgehead atoms. The molecule has 9 heteroatoms. The van der Waals surface area contributed by atoms with Gasteiger partial charge < -0.3 is 14.8 Å². The Balaban J connectivity index is 1.78. The summed E-state index contributed by atoms with van der Waals surface area (Å²) in [6, 6.07) is 6.79. The summed E-state index contributed by atoms with van der Waals surface area (Å²) in [5.41, 5.74) is 0.174. The molecule has 1 aromatic heterocycles. The third-order valence-electron chi connectivity index (χ3n) is 3.50. The van der Waals surface area contributed by atoms with Gasteiger partial charge in [0.15, 0.2) is 6.61 Å². The number of methoxy groups -OCH3 is 1. The zero-order valence-electron chi connectivity index (χ0n) is 14.3. The van der Waals surface area contributed by atoms with E-state index in [9.17, 15) is 19.2 Å². The molecule has 1 N–H and O–H groups in total. The van der Waals surface area contributed by atoms with E-state index >= 15 is 0 Å². The lowest BCUT2D eigenvalue weighted by molar-refractivity contribution is -0.149. The fourth-order valence-electron chi connectivity index (χ4n) is 2.16. The average Bonchev–Trinajstić information content (AvgIpc) is 2.65. The van der Waals surface area contributed by atoms with Crippen molar-refractivity contribution in [2.75, 3.05) is 20.3 Å². The van der Waals surface area contributed by atoms with Crippen molar-refractivity contribution in [3.05, 3.63) is 40.9 Å². The number of nitrogens with zero attached hydrogens (tertiary/aromatic N) is 2. The van der Waals surface area contributed by atoms with Gasteiger partial charge in [-0.3, -0.25) is 23.7 Å². The molecule has 1 heterocycles. The molecule has 2 aromatic rings. The Morgan fingerprint density at radius 2 is 1.96 bits per heavy atom. The molecule has 0 aliphatic heterocycles. The van der Waals surface area contributed by atoms with Crippen LogP contribution in [0.25, 0.3) is 10.9 Å². The number of rotatable bonds is 8. The smallest absolute Gasteiger partial charge is 0.326 e. The third kappa shape index (κ3) is 5.40. The van der Waals surface area contributed by atoms with Crippen LogP contribution in [0.15, 0.2) is 35.4 Å². The lowest BCUT2D eigenvalue weighted by Gasteiger charge is -2.08. The largest absolute Gasteiger partial charge is 0.469 e. The number of ether oxygens (including phenoxy) is 2. The number of esters is 2. The molecule has 0 aliphatic rings. The van der Waals surface area contributed by atoms with Crippen molar-refractivity contribution in [3.8, 4) is 0 Å². The predicted molar refractivity (Wildman–Crippen MR) is 91.2 cm³/mol. The molecular formula is C17H19N3O6. The highest BCUT2D eigenvalue weighted by atomic mass is 16.5. The zero-order valence-corrected chi connectivity index (χ0v) is 14.3. The van der Waals surface area contributed by atoms with E-state index in [1.54, 1.807) is 24.3 Å². The van der Waals surface area contributed by atoms with Crippen molar-refractivity contribution in [2.45, 2.75) is 19.4 Å². The molecule has 26 heavy (non-hydrogen) atoms. The maximum atomic E-state index is 12.3. The number of carbonyl (C=O) groups is 3. The minimum Gasteiger partial charge on any atom is -0.469 e. The summed E-state index contributed by atoms with van der Waals surface area (Å²) in [6.07, 6.45) is 1.87. The number of aromatic nitrogens is 2. The number of para-hydroxylation sites is 1. The second kappa shape index (κ2) is 9.30. The van der Waals surface area contributed by atoms with Gasteiger partial charge in [-0.2, -0.15) is 0 Å². The first-order valence-electron chi connectivity index (χ1n) is 7.94. The summed E-state index contributed by atoms with van der Waals surface area (Å²) in [4.78, 5) is 50.7. The van der Waals surface area contributed by atoms with Crippen molar-refractivity contribution in [3.63, 3.8) is 0 Å². The lowest BCUT2D eigenvalue weighted by atomic mass is 10.2. The van der Waals surface area contributed by atoms with E-state index in [0.29, 0.717) is 17.3 Å². The van der Waals surface area contributed by atoms with E-state index < -0.39 is 18.5 Å². The second-order valence-electron chi connectivity index (χ2n) is 5.39. The van der Waals surface area contributed by atoms with Crippen LogP contribution in [0, 0.1) is 0 Å². The van der Waals surface area contributed by atoms with E-state index in [1.165, 1.54) is 13.4 Å². The molecule has 0 atom stereocenters. The number of benzene rings is 1. The number of fused-ring (bicyclic) bond motifs is 1. The number of hydrogen-bond acceptors (Lipinski definition) is 7. The van der Waals surface area contributed by atoms with Gasteiger partial charge in [-0.05, 0) is 18.6 Å². The average molecular weight is 361 g/mol. The molecular weight excluding hydrogens is 342 g/mol. The quantitative estimate of drug-likeness (QED) is 0.520. The number of amides is 1. The molecule has 0 saturated heterocycles. The van der Waals surface area contributed by atoms with E-state index in [1.807, 2.05) is 0 Å². The molecule has 1 aromatic carbocycles. The zero-order chi connectivity index (χ0) is 18.9. The predicted octanol–water partition coefficient (Wildman–Crippen LogP) is 0.00910. The van der Waals surface area contributed by atoms with Crippen LogP contribution in [-0.2, 0) is 30.4 Å². The summed E-state index contributed by atoms with van der Waals surface area (Å²) >= 11 is 0. The molecule has 9 nitrogen and oxygen atoms in total. The van der Waals surface area contributed by atoms with Crippen LogP contribution >= 0.6 is 0 Å². The highest BCUT2D eigenvalue weighted by molar-refractivity contribution is 5.81. The van der Waals surface area contributed by atoms with E-state index in [0.717, 1.165) is 4.57 Å². The molecule has 1 amide bonds. The van der Waals surface area contributed by atoms with Crippen LogP contribution < -0.4 is 10.9 Å². The van der Waals surface area contributed by atoms with Gasteiger partial charge in [-0.25, -0.2) is 4.98 Å². The number of carbonyl (C=O) groups excluding carboxylic acids is 3. The van der Waals surface area contributed by atoms with Crippen molar-refractivity contribution in [2.24, 2.45) is 0 Å². The van der Waals surface area contributed by atoms with Gasteiger partial charge in [0.1, 0.15) is 6.54 Å². The summed E-state index contributed by atoms with van der Waals surface area (Å²) in [5.74, 6) is -1.58. The monoisotopic (exact) mass is 361 g/mol. The van der Waals surface area contributed by atoms with Crippen LogP contribution in [0.3, 0.4) is 0 Å². The van der Waals surface area contributed by atoms with Gasteiger partial charge >= 0.3 is 11.9 Å². The highest BCUT2D eigenvalue weighted by Crippen LogP contribution is 2.04. The second-order valence-corrected chi connectivity index (χ2v) is 5.39. The topological polar surface area (TPSA) is 117 Å². The molecule has 0 radical (unpaired) electrons. The Labute approximate surface area is 148 Å². The molecule has 0 saturated carbocycles. The molecule has 0 aliphatic carbocycles. The summed E-state index contributed by atoms with van der Waals surface area (Å²) in [7, 11) is 1.29. The van der Waals surface area contributed by atoms with E-state index in [-0.39, 0.29) is 31.0 Å². The molecule has 0 spiro atoms. The summed E-state index contributed by atoms with van der Waals surface area (Å²) < 4.78 is 10.4. The van der Waals surface area contributed by atoms with Gasteiger partial charge in [0.2, 0.25) is 0 Å². The van der Waals surface area contributed by atoms with Crippen molar-refractivity contribution >= 4 is 28.7 Å². The highest BCUT2D eigenvalue weighted by Gasteiger charge is 2.11. The van der Waals surface area contributed by atoms with Crippen molar-refractivity contribution in [1.29, 1.82) is 0 Å². The van der Waals surface area contributed by atoms with Gasteiger partial charge in [-0.1, -0.05) is 12.1 Å². The maximum absolute atomic E-state index is 12.3. The lowest BCUT2D eigenvalue weighted by Crippen LogP contribution is -2.31. The molecule has 138 valence electrons. The standard InChI is InChI=1S/C17H19N3O6/c1-25-15(22)7-4-8-18-14(21)10-26-16(23)9-20-11-19-13-6-3-2-5-12(13)17(20)24/h2-3,5-6,11H,4,7-10H2,1H3,(H,18,21). The Morgan fingerprint density at radius 3 is 2.73 bits per heavy atom. The van der Waals surface area contributed by atoms with Crippen LogP contribution in [0.1, 0.15) is 12.8 Å². The van der Waals surface area contributed by atoms with Crippen molar-refractivity contribution in [1.82, 2.24) is 14.9 Å². The first kappa shape index (κ1) is 19.1. The Morgan fingerprint density at radius 1 is 1.19 bits per heavy atom. The molecule has 0 fully saturated rings. The third-order valence-corrected chi connectivity index (χ3v) is 3.50. The van der Waals surface area contributed by atoms with E-state index in [2.05, 4.69) is 15.0 Å². The van der Waals surface area contributed by atoms with Crippen LogP contribution in [0.4, 0.5) is 0 Å². The number of hydrogen-bond donors (Lipinski definition) is 1. The molecule has 0 unspecified atom stereocenters. The normalized spacial score (nSPS) is 10.3. The van der Waals surface area contributed by atoms with Gasteiger partial charge in [0.05, 0.1) is 24.3 Å². The van der Waals surface area contributed by atoms with Gasteiger partial charge in [-0.15, -0.1) is 0 Å². The first-order valence-corrected chi connectivity index (χ1v) is 7.94. The van der Waals surface area contributed by atoms with Gasteiger partial charge in [0, 0.05) is 13.0 Å². The number of nitrogens with one attached hydrogen (secondary N) is 1. The fourth-order valence-corrected chi connectivity index (χ4v) is 2.16. The van der Waals surface area contributed by atoms with Crippen LogP contribution in [-0.4, -0.2) is 47.7 Å². The SMILES string of the molecule is COC(=O)CCCNC(=O)COC(=O)Cn1cnc2ccccc2c1=O. The Hall–Kier alpha value is -3.23. The Bertz CT molecular complexity index is 861. The fraction of sp³-hybridized carbons (Fsp3) is 0.353. The van der Waals surface area contributed by atoms with E-state index in [4.69, 9.17) is 4.74 Å². The van der Waals surface area contributed by atoms with Gasteiger partial charge in [0.25, 0.3) is 11.5 Å². The Kier molecular flexibility index (Phi) is 6.84. The van der Waals surface area contributed by atoms with Crippen LogP contribution in [0.5, 0.6) is 0 Å². The minimum absolute atomic E-state index is 0.189. The summed E-state index contributed by atoms with van der Waals surface area (Å²) in [5, 5.41) is 2.91. The molecule has 2 rings (SSSR count). The van der Waals surface area contributed by atoms with Crippen molar-refractivity contribution < 1.29 is 23.9 Å².